The highest BCUT2D eigenvalue weighted by molar-refractivity contribution is 5.77. The number of rotatable bonds is 8. The minimum Gasteiger partial charge on any atom is -0.497 e. The standard InChI is InChI=1S/C21H27NO5/c1-14(21(25)15-8-6-5-7-9-15)22(2)20(24)13-19(23)16-10-17(26-3)12-18(11-16)27-4/h5-12,14,19,21,23,25H,13H2,1-4H3/t14-,19-,21+/m0/s1. The van der Waals surface area contributed by atoms with E-state index in [2.05, 4.69) is 0 Å². The van der Waals surface area contributed by atoms with Gasteiger partial charge in [-0.05, 0) is 30.2 Å². The summed E-state index contributed by atoms with van der Waals surface area (Å²) in [5.41, 5.74) is 1.27. The van der Waals surface area contributed by atoms with Crippen LogP contribution in [0.1, 0.15) is 36.7 Å². The Morgan fingerprint density at radius 2 is 1.56 bits per heavy atom. The third kappa shape index (κ3) is 5.21. The Morgan fingerprint density at radius 3 is 2.07 bits per heavy atom. The van der Waals surface area contributed by atoms with Crippen LogP contribution in [0.15, 0.2) is 48.5 Å². The average Bonchev–Trinajstić information content (AvgIpc) is 2.71. The van der Waals surface area contributed by atoms with E-state index < -0.39 is 18.2 Å². The maximum absolute atomic E-state index is 12.6. The van der Waals surface area contributed by atoms with E-state index in [4.69, 9.17) is 9.47 Å². The number of amides is 1. The van der Waals surface area contributed by atoms with Crippen LogP contribution in [0.3, 0.4) is 0 Å². The van der Waals surface area contributed by atoms with Crippen molar-refractivity contribution in [1.29, 1.82) is 0 Å². The first-order chi connectivity index (χ1) is 12.9. The Morgan fingerprint density at radius 1 is 1.00 bits per heavy atom. The number of carbonyl (C=O) groups excluding carboxylic acids is 1. The number of likely N-dealkylation sites (N-methyl/N-ethyl adjacent to an activating group) is 1. The Labute approximate surface area is 160 Å². The zero-order valence-corrected chi connectivity index (χ0v) is 16.1. The number of nitrogens with zero attached hydrogens (tertiary/aromatic N) is 1. The molecule has 146 valence electrons. The molecular formula is C21H27NO5. The van der Waals surface area contributed by atoms with Gasteiger partial charge in [0, 0.05) is 13.1 Å². The molecule has 0 saturated carbocycles. The van der Waals surface area contributed by atoms with Crippen molar-refractivity contribution in [3.8, 4) is 11.5 Å². The number of carbonyl (C=O) groups is 1. The summed E-state index contributed by atoms with van der Waals surface area (Å²) in [5.74, 6) is 0.806. The Kier molecular flexibility index (Phi) is 7.21. The Balaban J connectivity index is 2.07. The summed E-state index contributed by atoms with van der Waals surface area (Å²) in [7, 11) is 4.67. The van der Waals surface area contributed by atoms with E-state index in [0.29, 0.717) is 17.1 Å². The van der Waals surface area contributed by atoms with Crippen molar-refractivity contribution < 1.29 is 24.5 Å². The predicted molar refractivity (Wildman–Crippen MR) is 103 cm³/mol. The normalized spacial score (nSPS) is 14.1. The number of hydrogen-bond acceptors (Lipinski definition) is 5. The molecule has 6 heteroatoms. The molecule has 2 aromatic carbocycles. The van der Waals surface area contributed by atoms with Gasteiger partial charge in [0.1, 0.15) is 11.5 Å². The lowest BCUT2D eigenvalue weighted by Gasteiger charge is -2.30. The van der Waals surface area contributed by atoms with Crippen molar-refractivity contribution in [2.24, 2.45) is 0 Å². The van der Waals surface area contributed by atoms with Crippen LogP contribution in [0, 0.1) is 0 Å². The molecule has 0 aromatic heterocycles. The van der Waals surface area contributed by atoms with E-state index in [0.717, 1.165) is 5.56 Å². The number of aliphatic hydroxyl groups excluding tert-OH is 2. The van der Waals surface area contributed by atoms with Crippen LogP contribution in [-0.2, 0) is 4.79 Å². The van der Waals surface area contributed by atoms with Crippen LogP contribution in [0.4, 0.5) is 0 Å². The van der Waals surface area contributed by atoms with Crippen molar-refractivity contribution in [1.82, 2.24) is 4.90 Å². The molecule has 6 nitrogen and oxygen atoms in total. The van der Waals surface area contributed by atoms with E-state index in [9.17, 15) is 15.0 Å². The summed E-state index contributed by atoms with van der Waals surface area (Å²) < 4.78 is 10.4. The third-order valence-corrected chi connectivity index (χ3v) is 4.73. The number of benzene rings is 2. The van der Waals surface area contributed by atoms with Gasteiger partial charge >= 0.3 is 0 Å². The van der Waals surface area contributed by atoms with Crippen LogP contribution < -0.4 is 9.47 Å². The fourth-order valence-corrected chi connectivity index (χ4v) is 2.82. The molecule has 0 heterocycles. The highest BCUT2D eigenvalue weighted by atomic mass is 16.5. The SMILES string of the molecule is COc1cc(OC)cc([C@@H](O)CC(=O)N(C)[C@@H](C)[C@@H](O)c2ccccc2)c1. The highest BCUT2D eigenvalue weighted by Gasteiger charge is 2.26. The molecule has 0 aliphatic carbocycles. The van der Waals surface area contributed by atoms with E-state index in [1.54, 1.807) is 32.2 Å². The molecule has 0 bridgehead atoms. The molecule has 0 aliphatic heterocycles. The van der Waals surface area contributed by atoms with Gasteiger partial charge in [-0.2, -0.15) is 0 Å². The molecule has 2 N–H and O–H groups in total. The number of hydrogen-bond donors (Lipinski definition) is 2. The summed E-state index contributed by atoms with van der Waals surface area (Å²) in [5, 5.41) is 21.0. The Bertz CT molecular complexity index is 727. The molecular weight excluding hydrogens is 346 g/mol. The molecule has 0 aliphatic rings. The molecule has 0 saturated heterocycles. The number of methoxy groups -OCH3 is 2. The maximum atomic E-state index is 12.6. The molecule has 0 fully saturated rings. The second kappa shape index (κ2) is 9.39. The summed E-state index contributed by atoms with van der Waals surface area (Å²) in [6, 6.07) is 13.8. The van der Waals surface area contributed by atoms with Crippen LogP contribution in [0.5, 0.6) is 11.5 Å². The maximum Gasteiger partial charge on any atom is 0.225 e. The summed E-state index contributed by atoms with van der Waals surface area (Å²) in [6.45, 7) is 1.77. The van der Waals surface area contributed by atoms with Crippen LogP contribution in [0.2, 0.25) is 0 Å². The molecule has 0 radical (unpaired) electrons. The monoisotopic (exact) mass is 373 g/mol. The summed E-state index contributed by atoms with van der Waals surface area (Å²) in [4.78, 5) is 14.1. The summed E-state index contributed by atoms with van der Waals surface area (Å²) >= 11 is 0. The first kappa shape index (κ1) is 20.7. The highest BCUT2D eigenvalue weighted by Crippen LogP contribution is 2.29. The van der Waals surface area contributed by atoms with Crippen molar-refractivity contribution in [3.05, 3.63) is 59.7 Å². The minimum atomic E-state index is -1.01. The molecule has 1 amide bonds. The van der Waals surface area contributed by atoms with Crippen molar-refractivity contribution >= 4 is 5.91 Å². The average molecular weight is 373 g/mol. The molecule has 2 rings (SSSR count). The van der Waals surface area contributed by atoms with Gasteiger partial charge in [-0.25, -0.2) is 0 Å². The van der Waals surface area contributed by atoms with E-state index in [1.165, 1.54) is 19.1 Å². The first-order valence-corrected chi connectivity index (χ1v) is 8.77. The number of aliphatic hydroxyl groups is 2. The van der Waals surface area contributed by atoms with Crippen molar-refractivity contribution in [2.45, 2.75) is 31.6 Å². The van der Waals surface area contributed by atoms with Crippen molar-refractivity contribution in [3.63, 3.8) is 0 Å². The second-order valence-electron chi connectivity index (χ2n) is 6.47. The van der Waals surface area contributed by atoms with E-state index in [1.807, 2.05) is 30.3 Å². The number of ether oxygens (including phenoxy) is 2. The molecule has 2 aromatic rings. The van der Waals surface area contributed by atoms with Crippen LogP contribution in [0.25, 0.3) is 0 Å². The second-order valence-corrected chi connectivity index (χ2v) is 6.47. The lowest BCUT2D eigenvalue weighted by Crippen LogP contribution is -2.39. The fraction of sp³-hybridized carbons (Fsp3) is 0.381. The molecule has 27 heavy (non-hydrogen) atoms. The zero-order chi connectivity index (χ0) is 20.0. The lowest BCUT2D eigenvalue weighted by atomic mass is 10.0. The predicted octanol–water partition coefficient (Wildman–Crippen LogP) is 2.71. The van der Waals surface area contributed by atoms with Crippen LogP contribution in [-0.4, -0.2) is 48.3 Å². The van der Waals surface area contributed by atoms with Gasteiger partial charge in [0.05, 0.1) is 38.9 Å². The van der Waals surface area contributed by atoms with Gasteiger partial charge in [-0.15, -0.1) is 0 Å². The fourth-order valence-electron chi connectivity index (χ4n) is 2.82. The van der Waals surface area contributed by atoms with E-state index >= 15 is 0 Å². The summed E-state index contributed by atoms with van der Waals surface area (Å²) in [6.07, 6.45) is -1.93. The smallest absolute Gasteiger partial charge is 0.225 e. The van der Waals surface area contributed by atoms with Crippen molar-refractivity contribution in [2.75, 3.05) is 21.3 Å². The molecule has 0 unspecified atom stereocenters. The third-order valence-electron chi connectivity index (χ3n) is 4.73. The minimum absolute atomic E-state index is 0.112. The van der Waals surface area contributed by atoms with Gasteiger partial charge in [0.25, 0.3) is 0 Å². The van der Waals surface area contributed by atoms with Gasteiger partial charge in [0.15, 0.2) is 0 Å². The topological polar surface area (TPSA) is 79.2 Å². The van der Waals surface area contributed by atoms with Gasteiger partial charge < -0.3 is 24.6 Å². The quantitative estimate of drug-likeness (QED) is 0.744. The largest absolute Gasteiger partial charge is 0.497 e. The Hall–Kier alpha value is -2.57. The zero-order valence-electron chi connectivity index (χ0n) is 16.1. The first-order valence-electron chi connectivity index (χ1n) is 8.77. The van der Waals surface area contributed by atoms with Gasteiger partial charge in [-0.1, -0.05) is 30.3 Å². The lowest BCUT2D eigenvalue weighted by molar-refractivity contribution is -0.136. The van der Waals surface area contributed by atoms with Crippen LogP contribution >= 0.6 is 0 Å². The van der Waals surface area contributed by atoms with Gasteiger partial charge in [0.2, 0.25) is 5.91 Å². The van der Waals surface area contributed by atoms with Gasteiger partial charge in [-0.3, -0.25) is 4.79 Å². The molecule has 0 spiro atoms. The molecule has 3 atom stereocenters. The van der Waals surface area contributed by atoms with E-state index in [-0.39, 0.29) is 12.3 Å².